The van der Waals surface area contributed by atoms with Crippen LogP contribution in [-0.2, 0) is 0 Å². The molecule has 2 rings (SSSR count). The molecule has 0 radical (unpaired) electrons. The summed E-state index contributed by atoms with van der Waals surface area (Å²) < 4.78 is 49.4. The molecule has 0 amide bonds. The van der Waals surface area contributed by atoms with Crippen molar-refractivity contribution in [3.63, 3.8) is 0 Å². The lowest BCUT2D eigenvalue weighted by Crippen LogP contribution is -1.81. The molecule has 12 heavy (non-hydrogen) atoms. The van der Waals surface area contributed by atoms with Gasteiger partial charge in [0.25, 0.3) is 0 Å². The Labute approximate surface area is 85.5 Å². The van der Waals surface area contributed by atoms with Gasteiger partial charge in [-0.05, 0) is 28.0 Å². The molecule has 3 N–H and O–H groups in total. The Hall–Kier alpha value is -1.23. The third kappa shape index (κ3) is 1.23. The number of nitrogens with one attached hydrogen (secondary N) is 1. The lowest BCUT2D eigenvalue weighted by atomic mass is 10.3. The fraction of sp³-hybridized carbons (Fsp3) is 0. The molecular formula is C7H6BrN3O. The third-order valence-corrected chi connectivity index (χ3v) is 1.52. The van der Waals surface area contributed by atoms with Gasteiger partial charge < -0.3 is 10.1 Å². The van der Waals surface area contributed by atoms with Gasteiger partial charge in [0.05, 0.1) is 4.11 Å². The van der Waals surface area contributed by atoms with E-state index in [1.165, 1.54) is 0 Å². The van der Waals surface area contributed by atoms with Crippen LogP contribution in [0.15, 0.2) is 27.2 Å². The van der Waals surface area contributed by atoms with Crippen LogP contribution in [0.4, 0.5) is 5.82 Å². The summed E-state index contributed by atoms with van der Waals surface area (Å²) in [6.07, 6.45) is 0. The van der Waals surface area contributed by atoms with E-state index in [2.05, 4.69) is 21.0 Å². The Kier molecular flexibility index (Phi) is 0.725. The largest absolute Gasteiger partial charge is 0.448 e. The van der Waals surface area contributed by atoms with Crippen LogP contribution in [0.2, 0.25) is 4.24 Å². The number of hydrogen-bond donors (Lipinski definition) is 2. The normalized spacial score (nSPS) is 17.1. The predicted molar refractivity (Wildman–Crippen MR) is 48.4 cm³/mol. The number of aromatic amines is 1. The van der Waals surface area contributed by atoms with E-state index in [4.69, 9.17) is 12.8 Å². The molecule has 0 bridgehead atoms. The molecule has 2 heterocycles. The predicted octanol–water partition coefficient (Wildman–Crippen LogP) is 2.01. The van der Waals surface area contributed by atoms with Crippen LogP contribution in [0.3, 0.4) is 0 Å². The maximum Gasteiger partial charge on any atom is 0.192 e. The summed E-state index contributed by atoms with van der Waals surface area (Å²) in [5.41, 5.74) is -0.0802. The monoisotopic (exact) mass is 233 g/mol. The van der Waals surface area contributed by atoms with Crippen LogP contribution < -0.4 is 5.72 Å². The van der Waals surface area contributed by atoms with Crippen molar-refractivity contribution < 1.29 is 12.8 Å². The van der Waals surface area contributed by atoms with E-state index in [9.17, 15) is 0 Å². The van der Waals surface area contributed by atoms with Crippen molar-refractivity contribution in [2.24, 2.45) is 0 Å². The van der Waals surface area contributed by atoms with Gasteiger partial charge in [-0.2, -0.15) is 5.10 Å². The minimum absolute atomic E-state index is 0.0246. The third-order valence-electron chi connectivity index (χ3n) is 1.16. The molecule has 0 saturated heterocycles. The molecule has 2 aromatic rings. The van der Waals surface area contributed by atoms with E-state index in [0.717, 1.165) is 0 Å². The van der Waals surface area contributed by atoms with Gasteiger partial charge in [0.2, 0.25) is 0 Å². The van der Waals surface area contributed by atoms with Crippen molar-refractivity contribution in [1.29, 1.82) is 0 Å². The second-order valence-electron chi connectivity index (χ2n) is 1.95. The van der Waals surface area contributed by atoms with Crippen molar-refractivity contribution in [1.82, 2.24) is 10.2 Å². The zero-order chi connectivity index (χ0) is 13.6. The first kappa shape index (κ1) is 3.26. The number of nitrogens with two attached hydrogens (primary N) is 1. The Morgan fingerprint density at radius 1 is 1.83 bits per heavy atom. The van der Waals surface area contributed by atoms with Gasteiger partial charge in [0.15, 0.2) is 14.7 Å². The highest BCUT2D eigenvalue weighted by atomic mass is 79.9. The minimum Gasteiger partial charge on any atom is -0.448 e. The summed E-state index contributed by atoms with van der Waals surface area (Å²) in [4.78, 5) is 0. The van der Waals surface area contributed by atoms with Gasteiger partial charge >= 0.3 is 0 Å². The zero-order valence-electron chi connectivity index (χ0n) is 11.6. The van der Waals surface area contributed by atoms with E-state index in [1.807, 2.05) is 0 Å². The number of nitrogens with zero attached hydrogens (tertiary/aromatic N) is 1. The molecule has 5 heteroatoms. The Bertz CT molecular complexity index is 609. The van der Waals surface area contributed by atoms with Crippen LogP contribution in [0, 0.1) is 0 Å². The first-order valence-electron chi connectivity index (χ1n) is 5.81. The summed E-state index contributed by atoms with van der Waals surface area (Å²) >= 11 is 2.94. The topological polar surface area (TPSA) is 67.8 Å². The average molecular weight is 234 g/mol. The molecule has 0 fully saturated rings. The van der Waals surface area contributed by atoms with Gasteiger partial charge in [-0.3, -0.25) is 5.09 Å². The van der Waals surface area contributed by atoms with Crippen molar-refractivity contribution in [2.45, 2.75) is 0 Å². The summed E-state index contributed by atoms with van der Waals surface area (Å²) in [6, 6.07) is -0.856. The number of hydrogen-bond acceptors (Lipinski definition) is 3. The number of furan rings is 1. The van der Waals surface area contributed by atoms with Gasteiger partial charge in [-0.1, -0.05) is 0 Å². The van der Waals surface area contributed by atoms with E-state index in [0.29, 0.717) is 5.09 Å². The quantitative estimate of drug-likeness (QED) is 0.835. The second-order valence-corrected chi connectivity index (χ2v) is 2.67. The summed E-state index contributed by atoms with van der Waals surface area (Å²) in [6.45, 7) is 0. The highest BCUT2D eigenvalue weighted by molar-refractivity contribution is 9.10. The number of anilines is 1. The van der Waals surface area contributed by atoms with E-state index in [1.54, 1.807) is 0 Å². The number of aromatic nitrogens is 2. The van der Waals surface area contributed by atoms with Crippen LogP contribution in [-0.4, -0.2) is 10.2 Å². The van der Waals surface area contributed by atoms with E-state index < -0.39 is 0 Å². The SMILES string of the molecule is [2H]c1c(Br)oc(-c2nn([2H])c(N([2H])[2H])c2[2H])c1[2H]. The van der Waals surface area contributed by atoms with Crippen LogP contribution in [0.25, 0.3) is 11.5 Å². The molecule has 0 spiro atoms. The first-order valence-corrected chi connectivity index (χ1v) is 3.76. The lowest BCUT2D eigenvalue weighted by Gasteiger charge is -1.85. The molecule has 0 aliphatic carbocycles. The average Bonchev–Trinajstić information content (AvgIpc) is 2.70. The van der Waals surface area contributed by atoms with E-state index >= 15 is 0 Å². The number of rotatable bonds is 2. The van der Waals surface area contributed by atoms with E-state index in [-0.39, 0.29) is 45.8 Å². The minimum atomic E-state index is -0.386. The smallest absolute Gasteiger partial charge is 0.192 e. The molecule has 62 valence electrons. The molecule has 0 atom stereocenters. The van der Waals surface area contributed by atoms with Gasteiger partial charge in [0.1, 0.15) is 11.5 Å². The summed E-state index contributed by atoms with van der Waals surface area (Å²) in [7, 11) is 0. The summed E-state index contributed by atoms with van der Waals surface area (Å²) in [5, 5.41) is 4.04. The van der Waals surface area contributed by atoms with Crippen LogP contribution >= 0.6 is 15.9 Å². The Morgan fingerprint density at radius 3 is 3.33 bits per heavy atom. The molecule has 0 aromatic carbocycles. The Balaban J connectivity index is 2.65. The van der Waals surface area contributed by atoms with Crippen molar-refractivity contribution in [2.75, 3.05) is 5.72 Å². The van der Waals surface area contributed by atoms with Crippen molar-refractivity contribution >= 4 is 21.7 Å². The molecule has 0 aliphatic heterocycles. The van der Waals surface area contributed by atoms with Crippen LogP contribution in [0.5, 0.6) is 0 Å². The molecule has 0 saturated carbocycles. The fourth-order valence-electron chi connectivity index (χ4n) is 0.710. The van der Waals surface area contributed by atoms with Gasteiger partial charge in [0, 0.05) is 6.04 Å². The van der Waals surface area contributed by atoms with Gasteiger partial charge in [-0.15, -0.1) is 0 Å². The molecule has 4 nitrogen and oxygen atoms in total. The van der Waals surface area contributed by atoms with Crippen molar-refractivity contribution in [3.05, 3.63) is 22.8 Å². The van der Waals surface area contributed by atoms with Gasteiger partial charge in [-0.25, -0.2) is 0 Å². The molecule has 2 aromatic heterocycles. The van der Waals surface area contributed by atoms with Crippen molar-refractivity contribution in [3.8, 4) is 11.5 Å². The standard InChI is InChI=1S/C7H6BrN3O/c8-6-2-1-5(12-6)4-3-7(9)11-10-4/h1-3H,(H3,9,10,11)/i1D,2D,3D/hD3. The number of H-pyrrole nitrogens is 1. The number of halogens is 1. The fourth-order valence-corrected chi connectivity index (χ4v) is 0.971. The molecule has 0 unspecified atom stereocenters. The maximum atomic E-state index is 7.71. The summed E-state index contributed by atoms with van der Waals surface area (Å²) in [5.74, 6) is -0.533. The first-order chi connectivity index (χ1) is 8.34. The Morgan fingerprint density at radius 2 is 2.75 bits per heavy atom. The highest BCUT2D eigenvalue weighted by Crippen LogP contribution is 2.23. The lowest BCUT2D eigenvalue weighted by molar-refractivity contribution is 0.553. The maximum absolute atomic E-state index is 7.71. The number of nitrogen functional groups attached to an aromatic ring is 1. The zero-order valence-corrected chi connectivity index (χ0v) is 7.21. The highest BCUT2D eigenvalue weighted by Gasteiger charge is 2.05. The van der Waals surface area contributed by atoms with Crippen LogP contribution in [0.1, 0.15) is 4.11 Å². The second kappa shape index (κ2) is 2.67. The molecule has 0 aliphatic rings. The molecular weight excluding hydrogens is 222 g/mol.